The van der Waals surface area contributed by atoms with Gasteiger partial charge in [-0.05, 0) is 24.6 Å². The van der Waals surface area contributed by atoms with Crippen molar-refractivity contribution in [3.63, 3.8) is 0 Å². The molecule has 1 N–H and O–H groups in total. The van der Waals surface area contributed by atoms with Crippen LogP contribution in [0.3, 0.4) is 0 Å². The van der Waals surface area contributed by atoms with Crippen molar-refractivity contribution in [2.24, 2.45) is 0 Å². The molecule has 0 spiro atoms. The minimum atomic E-state index is -4.40. The van der Waals surface area contributed by atoms with Crippen LogP contribution >= 0.6 is 11.8 Å². The average Bonchev–Trinajstić information content (AvgIpc) is 2.79. The zero-order chi connectivity index (χ0) is 18.0. The summed E-state index contributed by atoms with van der Waals surface area (Å²) in [7, 11) is -3.26. The number of rotatable bonds is 7. The summed E-state index contributed by atoms with van der Waals surface area (Å²) in [5.74, 6) is 0.437. The number of aryl methyl sites for hydroxylation is 1. The molecule has 0 atom stereocenters. The van der Waals surface area contributed by atoms with Gasteiger partial charge in [-0.3, -0.25) is 0 Å². The Morgan fingerprint density at radius 1 is 1.33 bits per heavy atom. The molecule has 134 valence electrons. The molecule has 2 rings (SSSR count). The van der Waals surface area contributed by atoms with Crippen LogP contribution in [0.5, 0.6) is 0 Å². The van der Waals surface area contributed by atoms with Crippen LogP contribution in [0, 0.1) is 0 Å². The van der Waals surface area contributed by atoms with Gasteiger partial charge in [0.15, 0.2) is 5.16 Å². The Morgan fingerprint density at radius 2 is 2.04 bits per heavy atom. The van der Waals surface area contributed by atoms with E-state index >= 15 is 0 Å². The number of halogens is 3. The Balaban J connectivity index is 2.27. The normalized spacial score (nSPS) is 12.9. The van der Waals surface area contributed by atoms with E-state index in [0.717, 1.165) is 24.8 Å². The third kappa shape index (κ3) is 4.87. The lowest BCUT2D eigenvalue weighted by atomic mass is 10.2. The molecule has 0 fully saturated rings. The first kappa shape index (κ1) is 19.1. The number of thioether (sulfide) groups is 1. The molecule has 2 aromatic rings. The van der Waals surface area contributed by atoms with Gasteiger partial charge >= 0.3 is 6.18 Å². The maximum absolute atomic E-state index is 12.9. The number of imidazole rings is 1. The lowest BCUT2D eigenvalue weighted by Crippen LogP contribution is -2.24. The predicted octanol–water partition coefficient (Wildman–Crippen LogP) is 3.11. The zero-order valence-electron chi connectivity index (χ0n) is 13.2. The van der Waals surface area contributed by atoms with E-state index in [1.165, 1.54) is 17.8 Å². The monoisotopic (exact) mass is 381 g/mol. The SMILES string of the molecule is CCCn1c(SCCNS(C)(=O)=O)nc2ccc(C(F)(F)F)cc21. The summed E-state index contributed by atoms with van der Waals surface area (Å²) in [6.07, 6.45) is -2.58. The van der Waals surface area contributed by atoms with Crippen molar-refractivity contribution in [1.29, 1.82) is 0 Å². The Bertz CT molecular complexity index is 817. The molecule has 0 saturated carbocycles. The van der Waals surface area contributed by atoms with Gasteiger partial charge in [0.05, 0.1) is 22.9 Å². The highest BCUT2D eigenvalue weighted by Gasteiger charge is 2.31. The van der Waals surface area contributed by atoms with Gasteiger partial charge in [-0.2, -0.15) is 13.2 Å². The molecule has 0 bridgehead atoms. The number of nitrogens with zero attached hydrogens (tertiary/aromatic N) is 2. The van der Waals surface area contributed by atoms with Crippen LogP contribution < -0.4 is 4.72 Å². The van der Waals surface area contributed by atoms with Crippen LogP contribution in [-0.4, -0.2) is 36.5 Å². The van der Waals surface area contributed by atoms with E-state index in [2.05, 4.69) is 9.71 Å². The van der Waals surface area contributed by atoms with Crippen molar-refractivity contribution in [1.82, 2.24) is 14.3 Å². The second-order valence-electron chi connectivity index (χ2n) is 5.26. The van der Waals surface area contributed by atoms with Crippen LogP contribution in [0.2, 0.25) is 0 Å². The van der Waals surface area contributed by atoms with E-state index in [4.69, 9.17) is 0 Å². The highest BCUT2D eigenvalue weighted by Crippen LogP contribution is 2.33. The number of alkyl halides is 3. The summed E-state index contributed by atoms with van der Waals surface area (Å²) in [5, 5.41) is 0.585. The summed E-state index contributed by atoms with van der Waals surface area (Å²) in [5.41, 5.74) is 0.225. The lowest BCUT2D eigenvalue weighted by Gasteiger charge is -2.09. The molecule has 0 saturated heterocycles. The van der Waals surface area contributed by atoms with Gasteiger partial charge in [0, 0.05) is 18.8 Å². The Kier molecular flexibility index (Phi) is 5.82. The van der Waals surface area contributed by atoms with E-state index < -0.39 is 21.8 Å². The number of benzene rings is 1. The van der Waals surface area contributed by atoms with Gasteiger partial charge in [0.2, 0.25) is 10.0 Å². The fourth-order valence-corrected chi connectivity index (χ4v) is 3.69. The Hall–Kier alpha value is -1.26. The van der Waals surface area contributed by atoms with Crippen molar-refractivity contribution in [2.45, 2.75) is 31.2 Å². The molecule has 0 aliphatic rings. The predicted molar refractivity (Wildman–Crippen MR) is 88.6 cm³/mol. The maximum atomic E-state index is 12.9. The minimum Gasteiger partial charge on any atom is -0.319 e. The van der Waals surface area contributed by atoms with Crippen molar-refractivity contribution in [3.8, 4) is 0 Å². The van der Waals surface area contributed by atoms with Gasteiger partial charge in [-0.15, -0.1) is 0 Å². The molecule has 0 unspecified atom stereocenters. The second-order valence-corrected chi connectivity index (χ2v) is 8.16. The van der Waals surface area contributed by atoms with E-state index in [9.17, 15) is 21.6 Å². The molecular weight excluding hydrogens is 363 g/mol. The molecule has 1 aromatic carbocycles. The van der Waals surface area contributed by atoms with Crippen molar-refractivity contribution in [3.05, 3.63) is 23.8 Å². The number of hydrogen-bond donors (Lipinski definition) is 1. The average molecular weight is 381 g/mol. The van der Waals surface area contributed by atoms with E-state index in [1.54, 1.807) is 4.57 Å². The molecule has 5 nitrogen and oxygen atoms in total. The van der Waals surface area contributed by atoms with Gasteiger partial charge < -0.3 is 4.57 Å². The number of fused-ring (bicyclic) bond motifs is 1. The van der Waals surface area contributed by atoms with Crippen molar-refractivity contribution in [2.75, 3.05) is 18.6 Å². The van der Waals surface area contributed by atoms with Gasteiger partial charge in [-0.1, -0.05) is 18.7 Å². The lowest BCUT2D eigenvalue weighted by molar-refractivity contribution is -0.137. The van der Waals surface area contributed by atoms with Crippen molar-refractivity contribution >= 4 is 32.8 Å². The summed E-state index contributed by atoms with van der Waals surface area (Å²) in [6, 6.07) is 3.49. The standard InChI is InChI=1S/C14H18F3N3O2S2/c1-3-7-20-12-9-10(14(15,16)17)4-5-11(12)19-13(20)23-8-6-18-24(2,21)22/h4-5,9,18H,3,6-8H2,1-2H3. The summed E-state index contributed by atoms with van der Waals surface area (Å²) < 4.78 is 64.9. The first-order valence-electron chi connectivity index (χ1n) is 7.26. The fraction of sp³-hybridized carbons (Fsp3) is 0.500. The minimum absolute atomic E-state index is 0.229. The number of nitrogens with one attached hydrogen (secondary N) is 1. The van der Waals surface area contributed by atoms with Crippen LogP contribution in [0.4, 0.5) is 13.2 Å². The third-order valence-electron chi connectivity index (χ3n) is 3.19. The van der Waals surface area contributed by atoms with Crippen LogP contribution in [-0.2, 0) is 22.7 Å². The Labute approximate surface area is 142 Å². The van der Waals surface area contributed by atoms with E-state index in [1.807, 2.05) is 6.92 Å². The molecule has 0 radical (unpaired) electrons. The maximum Gasteiger partial charge on any atom is 0.416 e. The van der Waals surface area contributed by atoms with Crippen LogP contribution in [0.15, 0.2) is 23.4 Å². The van der Waals surface area contributed by atoms with E-state index in [0.29, 0.717) is 28.5 Å². The van der Waals surface area contributed by atoms with Crippen LogP contribution in [0.1, 0.15) is 18.9 Å². The number of aromatic nitrogens is 2. The first-order chi connectivity index (χ1) is 11.1. The zero-order valence-corrected chi connectivity index (χ0v) is 14.9. The molecule has 24 heavy (non-hydrogen) atoms. The first-order valence-corrected chi connectivity index (χ1v) is 10.1. The second kappa shape index (κ2) is 7.32. The third-order valence-corrected chi connectivity index (χ3v) is 4.89. The van der Waals surface area contributed by atoms with E-state index in [-0.39, 0.29) is 6.54 Å². The highest BCUT2D eigenvalue weighted by atomic mass is 32.2. The molecule has 0 amide bonds. The van der Waals surface area contributed by atoms with Gasteiger partial charge in [0.1, 0.15) is 0 Å². The quantitative estimate of drug-likeness (QED) is 0.591. The molecular formula is C14H18F3N3O2S2. The summed E-state index contributed by atoms with van der Waals surface area (Å²) in [4.78, 5) is 4.37. The van der Waals surface area contributed by atoms with Gasteiger partial charge in [-0.25, -0.2) is 18.1 Å². The molecule has 0 aliphatic carbocycles. The number of hydrogen-bond acceptors (Lipinski definition) is 4. The Morgan fingerprint density at radius 3 is 2.62 bits per heavy atom. The van der Waals surface area contributed by atoms with Gasteiger partial charge in [0.25, 0.3) is 0 Å². The fourth-order valence-electron chi connectivity index (χ4n) is 2.20. The molecule has 0 aliphatic heterocycles. The summed E-state index contributed by atoms with van der Waals surface area (Å²) in [6.45, 7) is 2.70. The molecule has 1 aromatic heterocycles. The van der Waals surface area contributed by atoms with Crippen molar-refractivity contribution < 1.29 is 21.6 Å². The number of sulfonamides is 1. The molecule has 1 heterocycles. The molecule has 10 heteroatoms. The topological polar surface area (TPSA) is 64.0 Å². The smallest absolute Gasteiger partial charge is 0.319 e. The van der Waals surface area contributed by atoms with Crippen LogP contribution in [0.25, 0.3) is 11.0 Å². The largest absolute Gasteiger partial charge is 0.416 e. The highest BCUT2D eigenvalue weighted by molar-refractivity contribution is 7.99. The summed E-state index contributed by atoms with van der Waals surface area (Å²) >= 11 is 1.31.